The van der Waals surface area contributed by atoms with E-state index >= 15 is 0 Å². The fraction of sp³-hybridized carbons (Fsp3) is 0.333. The Hall–Kier alpha value is -3.19. The molecule has 8 heteroatoms. The molecule has 2 atom stereocenters. The van der Waals surface area contributed by atoms with Crippen molar-refractivity contribution in [3.63, 3.8) is 0 Å². The van der Waals surface area contributed by atoms with E-state index in [1.54, 1.807) is 30.2 Å². The van der Waals surface area contributed by atoms with Crippen LogP contribution in [0.25, 0.3) is 10.9 Å². The number of imide groups is 1. The third-order valence-corrected chi connectivity index (χ3v) is 6.84. The molecule has 2 aromatic carbocycles. The molecule has 0 saturated carbocycles. The molecule has 7 nitrogen and oxygen atoms in total. The number of rotatable bonds is 5. The van der Waals surface area contributed by atoms with Crippen molar-refractivity contribution in [1.29, 1.82) is 0 Å². The molecule has 1 aromatic heterocycles. The number of aromatic nitrogens is 1. The first-order chi connectivity index (χ1) is 15.4. The molecule has 3 heterocycles. The highest BCUT2D eigenvalue weighted by Gasteiger charge is 2.60. The number of methoxy groups -OCH3 is 1. The maximum atomic E-state index is 13.5. The summed E-state index contributed by atoms with van der Waals surface area (Å²) in [5, 5.41) is 11.1. The molecule has 1 fully saturated rings. The first kappa shape index (κ1) is 20.7. The van der Waals surface area contributed by atoms with Gasteiger partial charge >= 0.3 is 6.03 Å². The number of amides is 3. The highest BCUT2D eigenvalue weighted by molar-refractivity contribution is 6.18. The van der Waals surface area contributed by atoms with Gasteiger partial charge in [-0.15, -0.1) is 11.6 Å². The van der Waals surface area contributed by atoms with Gasteiger partial charge < -0.3 is 14.8 Å². The van der Waals surface area contributed by atoms with Crippen LogP contribution in [0.3, 0.4) is 0 Å². The van der Waals surface area contributed by atoms with Gasteiger partial charge in [-0.1, -0.05) is 12.1 Å². The van der Waals surface area contributed by atoms with Crippen LogP contribution in [0.4, 0.5) is 4.79 Å². The summed E-state index contributed by atoms with van der Waals surface area (Å²) in [7, 11) is 1.62. The maximum absolute atomic E-state index is 13.5. The molecule has 3 aromatic rings. The van der Waals surface area contributed by atoms with Crippen molar-refractivity contribution in [2.45, 2.75) is 31.3 Å². The molecule has 3 amide bonds. The average Bonchev–Trinajstić information content (AvgIpc) is 3.22. The van der Waals surface area contributed by atoms with Crippen LogP contribution in [-0.4, -0.2) is 56.9 Å². The number of alkyl halides is 1. The molecular weight excluding hydrogens is 430 g/mol. The predicted molar refractivity (Wildman–Crippen MR) is 121 cm³/mol. The number of benzene rings is 2. The largest absolute Gasteiger partial charge is 0.508 e. The molecule has 0 unspecified atom stereocenters. The van der Waals surface area contributed by atoms with Gasteiger partial charge in [0.1, 0.15) is 23.1 Å². The molecule has 166 valence electrons. The van der Waals surface area contributed by atoms with E-state index < -0.39 is 11.6 Å². The number of halogens is 1. The number of aromatic amines is 1. The minimum atomic E-state index is -1.05. The first-order valence-electron chi connectivity index (χ1n) is 10.6. The Labute approximate surface area is 190 Å². The Morgan fingerprint density at radius 2 is 2.06 bits per heavy atom. The summed E-state index contributed by atoms with van der Waals surface area (Å²) in [5.74, 6) is 0.970. The third kappa shape index (κ3) is 2.88. The van der Waals surface area contributed by atoms with Gasteiger partial charge in [-0.2, -0.15) is 0 Å². The summed E-state index contributed by atoms with van der Waals surface area (Å²) in [5.41, 5.74) is 2.41. The number of fused-ring (bicyclic) bond motifs is 4. The van der Waals surface area contributed by atoms with Crippen LogP contribution in [0.1, 0.15) is 36.2 Å². The molecule has 2 aliphatic rings. The number of carbonyl (C=O) groups is 2. The smallest absolute Gasteiger partial charge is 0.328 e. The maximum Gasteiger partial charge on any atom is 0.328 e. The lowest BCUT2D eigenvalue weighted by molar-refractivity contribution is -0.133. The minimum absolute atomic E-state index is 0.103. The van der Waals surface area contributed by atoms with Gasteiger partial charge in [-0.05, 0) is 54.8 Å². The summed E-state index contributed by atoms with van der Waals surface area (Å²) < 4.78 is 5.42. The number of hydrogen-bond acceptors (Lipinski definition) is 4. The van der Waals surface area contributed by atoms with E-state index in [-0.39, 0.29) is 24.2 Å². The third-order valence-electron chi connectivity index (χ3n) is 6.57. The fourth-order valence-corrected chi connectivity index (χ4v) is 5.19. The first-order valence-corrected chi connectivity index (χ1v) is 11.1. The van der Waals surface area contributed by atoms with Crippen molar-refractivity contribution in [3.05, 3.63) is 59.3 Å². The highest BCUT2D eigenvalue weighted by Crippen LogP contribution is 2.49. The van der Waals surface area contributed by atoms with Crippen molar-refractivity contribution in [2.75, 3.05) is 19.5 Å². The van der Waals surface area contributed by atoms with Crippen LogP contribution in [0, 0.1) is 0 Å². The lowest BCUT2D eigenvalue weighted by Gasteiger charge is -2.42. The van der Waals surface area contributed by atoms with E-state index in [0.717, 1.165) is 33.5 Å². The number of nitrogens with one attached hydrogen (secondary N) is 1. The second-order valence-corrected chi connectivity index (χ2v) is 8.91. The van der Waals surface area contributed by atoms with Crippen LogP contribution in [0.15, 0.2) is 42.5 Å². The normalized spacial score (nSPS) is 22.4. The SMILES string of the molecule is COc1ccc2[nH]c3c(c2c1)C[C@@]1(C)C(=O)N(CCCCl)C(=O)N1[C@@H]3c1cccc(O)c1. The summed E-state index contributed by atoms with van der Waals surface area (Å²) in [6.45, 7) is 2.11. The fourth-order valence-electron chi connectivity index (χ4n) is 5.08. The zero-order valence-electron chi connectivity index (χ0n) is 17.9. The quantitative estimate of drug-likeness (QED) is 0.448. The predicted octanol–water partition coefficient (Wildman–Crippen LogP) is 4.18. The van der Waals surface area contributed by atoms with Crippen LogP contribution in [0.5, 0.6) is 11.5 Å². The molecule has 1 saturated heterocycles. The Balaban J connectivity index is 1.74. The van der Waals surface area contributed by atoms with Crippen molar-refractivity contribution in [2.24, 2.45) is 0 Å². The number of H-pyrrole nitrogens is 1. The summed E-state index contributed by atoms with van der Waals surface area (Å²) in [6.07, 6.45) is 0.915. The van der Waals surface area contributed by atoms with E-state index in [9.17, 15) is 14.7 Å². The van der Waals surface area contributed by atoms with Crippen LogP contribution < -0.4 is 4.74 Å². The van der Waals surface area contributed by atoms with Gasteiger partial charge in [0.2, 0.25) is 0 Å². The number of phenolic OH excluding ortho intramolecular Hbond substituents is 1. The second-order valence-electron chi connectivity index (χ2n) is 8.53. The van der Waals surface area contributed by atoms with Gasteiger partial charge in [0.25, 0.3) is 5.91 Å². The molecule has 0 bridgehead atoms. The number of ether oxygens (including phenoxy) is 1. The topological polar surface area (TPSA) is 85.9 Å². The Morgan fingerprint density at radius 1 is 1.25 bits per heavy atom. The summed E-state index contributed by atoms with van der Waals surface area (Å²) >= 11 is 5.85. The number of carbonyl (C=O) groups excluding carboxylic acids is 2. The molecule has 5 rings (SSSR count). The molecule has 2 aliphatic heterocycles. The van der Waals surface area contributed by atoms with Crippen molar-refractivity contribution in [3.8, 4) is 11.5 Å². The van der Waals surface area contributed by atoms with Crippen molar-refractivity contribution >= 4 is 34.4 Å². The molecule has 32 heavy (non-hydrogen) atoms. The van der Waals surface area contributed by atoms with E-state index in [0.29, 0.717) is 18.7 Å². The van der Waals surface area contributed by atoms with E-state index in [1.165, 1.54) is 4.90 Å². The zero-order valence-corrected chi connectivity index (χ0v) is 18.6. The Bertz CT molecular complexity index is 1240. The van der Waals surface area contributed by atoms with Gasteiger partial charge in [0, 0.05) is 35.4 Å². The number of aromatic hydroxyl groups is 1. The zero-order chi connectivity index (χ0) is 22.6. The Morgan fingerprint density at radius 3 is 2.78 bits per heavy atom. The monoisotopic (exact) mass is 453 g/mol. The number of urea groups is 1. The molecule has 0 spiro atoms. The molecular formula is C24H24ClN3O4. The van der Waals surface area contributed by atoms with Gasteiger partial charge in [-0.25, -0.2) is 4.79 Å². The van der Waals surface area contributed by atoms with Crippen molar-refractivity contribution < 1.29 is 19.4 Å². The number of nitrogens with zero attached hydrogens (tertiary/aromatic N) is 2. The summed E-state index contributed by atoms with van der Waals surface area (Å²) in [4.78, 5) is 33.5. The lowest BCUT2D eigenvalue weighted by atomic mass is 9.81. The molecule has 0 radical (unpaired) electrons. The van der Waals surface area contributed by atoms with Gasteiger partial charge in [0.05, 0.1) is 7.11 Å². The second kappa shape index (κ2) is 7.45. The number of phenols is 1. The molecule has 0 aliphatic carbocycles. The average molecular weight is 454 g/mol. The standard InChI is InChI=1S/C24H24ClN3O4/c1-24-13-18-17-12-16(32-2)7-8-19(17)26-20(18)21(14-5-3-6-15(29)11-14)28(24)23(31)27(22(24)30)10-4-9-25/h3,5-8,11-12,21,26,29H,4,9-10,13H2,1-2H3/t21-,24+/m1/s1. The van der Waals surface area contributed by atoms with Crippen LogP contribution >= 0.6 is 11.6 Å². The van der Waals surface area contributed by atoms with E-state index in [4.69, 9.17) is 16.3 Å². The Kier molecular flexibility index (Phi) is 4.82. The van der Waals surface area contributed by atoms with E-state index in [2.05, 4.69) is 4.98 Å². The van der Waals surface area contributed by atoms with Gasteiger partial charge in [0.15, 0.2) is 0 Å². The molecule has 2 N–H and O–H groups in total. The van der Waals surface area contributed by atoms with E-state index in [1.807, 2.05) is 31.2 Å². The van der Waals surface area contributed by atoms with Crippen LogP contribution in [0.2, 0.25) is 0 Å². The minimum Gasteiger partial charge on any atom is -0.508 e. The number of hydrogen-bond donors (Lipinski definition) is 2. The summed E-state index contributed by atoms with van der Waals surface area (Å²) in [6, 6.07) is 11.7. The van der Waals surface area contributed by atoms with Gasteiger partial charge in [-0.3, -0.25) is 14.6 Å². The van der Waals surface area contributed by atoms with Crippen molar-refractivity contribution in [1.82, 2.24) is 14.8 Å². The highest BCUT2D eigenvalue weighted by atomic mass is 35.5. The lowest BCUT2D eigenvalue weighted by Crippen LogP contribution is -2.53. The van der Waals surface area contributed by atoms with Crippen LogP contribution in [-0.2, 0) is 11.2 Å².